The van der Waals surface area contributed by atoms with Crippen molar-refractivity contribution < 1.29 is 19.2 Å². The number of ether oxygens (including phenoxy) is 1. The number of nitro groups is 1. The van der Waals surface area contributed by atoms with Crippen molar-refractivity contribution in [1.29, 1.82) is 0 Å². The standard InChI is InChI=1S/C13H15IN2O5/c1-8(13(18)21-3)7-15(2)12(17)10-6-9(16(19)20)4-5-11(10)14/h4-6,8H,7H2,1-3H3. The second-order valence-corrected chi connectivity index (χ2v) is 5.69. The number of halogens is 1. The highest BCUT2D eigenvalue weighted by Gasteiger charge is 2.22. The zero-order chi connectivity index (χ0) is 16.2. The van der Waals surface area contributed by atoms with Crippen molar-refractivity contribution in [3.05, 3.63) is 37.4 Å². The fourth-order valence-corrected chi connectivity index (χ4v) is 2.33. The van der Waals surface area contributed by atoms with Gasteiger partial charge in [-0.15, -0.1) is 0 Å². The predicted octanol–water partition coefficient (Wildman–Crippen LogP) is 2.08. The summed E-state index contributed by atoms with van der Waals surface area (Å²) in [4.78, 5) is 35.3. The summed E-state index contributed by atoms with van der Waals surface area (Å²) in [5.41, 5.74) is 0.0950. The lowest BCUT2D eigenvalue weighted by molar-refractivity contribution is -0.384. The first-order valence-electron chi connectivity index (χ1n) is 6.05. The summed E-state index contributed by atoms with van der Waals surface area (Å²) >= 11 is 1.94. The van der Waals surface area contributed by atoms with Gasteiger partial charge in [-0.25, -0.2) is 0 Å². The van der Waals surface area contributed by atoms with Crippen LogP contribution in [-0.4, -0.2) is 42.4 Å². The van der Waals surface area contributed by atoms with Gasteiger partial charge in [0.1, 0.15) is 0 Å². The predicted molar refractivity (Wildman–Crippen MR) is 84.0 cm³/mol. The van der Waals surface area contributed by atoms with Crippen LogP contribution in [-0.2, 0) is 9.53 Å². The van der Waals surface area contributed by atoms with E-state index in [-0.39, 0.29) is 23.7 Å². The zero-order valence-electron chi connectivity index (χ0n) is 11.8. The molecular formula is C13H15IN2O5. The van der Waals surface area contributed by atoms with Gasteiger partial charge in [-0.05, 0) is 28.7 Å². The van der Waals surface area contributed by atoms with Gasteiger partial charge in [0.15, 0.2) is 0 Å². The number of nitro benzene ring substituents is 1. The van der Waals surface area contributed by atoms with Gasteiger partial charge in [0.2, 0.25) is 0 Å². The van der Waals surface area contributed by atoms with Gasteiger partial charge in [0, 0.05) is 29.3 Å². The van der Waals surface area contributed by atoms with Crippen molar-refractivity contribution >= 4 is 40.2 Å². The molecule has 1 aromatic rings. The van der Waals surface area contributed by atoms with Crippen LogP contribution in [0.5, 0.6) is 0 Å². The third-order valence-corrected chi connectivity index (χ3v) is 3.83. The lowest BCUT2D eigenvalue weighted by atomic mass is 10.1. The maximum Gasteiger partial charge on any atom is 0.310 e. The van der Waals surface area contributed by atoms with Crippen LogP contribution in [0.25, 0.3) is 0 Å². The maximum absolute atomic E-state index is 12.3. The van der Waals surface area contributed by atoms with Crippen LogP contribution in [0.2, 0.25) is 0 Å². The van der Waals surface area contributed by atoms with Crippen LogP contribution in [0.1, 0.15) is 17.3 Å². The first kappa shape index (κ1) is 17.3. The van der Waals surface area contributed by atoms with Crippen molar-refractivity contribution in [2.24, 2.45) is 5.92 Å². The van der Waals surface area contributed by atoms with Gasteiger partial charge in [-0.1, -0.05) is 6.92 Å². The highest BCUT2D eigenvalue weighted by atomic mass is 127. The molecule has 1 atom stereocenters. The molecular weight excluding hydrogens is 391 g/mol. The molecule has 0 bridgehead atoms. The number of non-ortho nitro benzene ring substituents is 1. The molecule has 0 saturated carbocycles. The highest BCUT2D eigenvalue weighted by Crippen LogP contribution is 2.21. The number of hydrogen-bond acceptors (Lipinski definition) is 5. The van der Waals surface area contributed by atoms with Crippen LogP contribution >= 0.6 is 22.6 Å². The molecule has 0 saturated heterocycles. The van der Waals surface area contributed by atoms with E-state index in [0.29, 0.717) is 3.57 Å². The minimum absolute atomic E-state index is 0.145. The van der Waals surface area contributed by atoms with Crippen LogP contribution in [0, 0.1) is 19.6 Å². The number of carbonyl (C=O) groups excluding carboxylic acids is 2. The summed E-state index contributed by atoms with van der Waals surface area (Å²) in [5, 5.41) is 10.8. The largest absolute Gasteiger partial charge is 0.469 e. The van der Waals surface area contributed by atoms with Gasteiger partial charge < -0.3 is 9.64 Å². The number of nitrogens with zero attached hydrogens (tertiary/aromatic N) is 2. The molecule has 0 heterocycles. The molecule has 0 aliphatic heterocycles. The van der Waals surface area contributed by atoms with Gasteiger partial charge in [0.05, 0.1) is 23.5 Å². The quantitative estimate of drug-likeness (QED) is 0.323. The molecule has 114 valence electrons. The van der Waals surface area contributed by atoms with E-state index in [2.05, 4.69) is 4.74 Å². The topological polar surface area (TPSA) is 89.8 Å². The third kappa shape index (κ3) is 4.38. The van der Waals surface area contributed by atoms with E-state index in [4.69, 9.17) is 0 Å². The summed E-state index contributed by atoms with van der Waals surface area (Å²) in [5.74, 6) is -1.26. The monoisotopic (exact) mass is 406 g/mol. The first-order valence-corrected chi connectivity index (χ1v) is 7.13. The minimum Gasteiger partial charge on any atom is -0.469 e. The van der Waals surface area contributed by atoms with Gasteiger partial charge in [-0.2, -0.15) is 0 Å². The number of rotatable bonds is 5. The van der Waals surface area contributed by atoms with Crippen molar-refractivity contribution in [3.8, 4) is 0 Å². The summed E-state index contributed by atoms with van der Waals surface area (Å²) in [6.07, 6.45) is 0. The summed E-state index contributed by atoms with van der Waals surface area (Å²) < 4.78 is 5.22. The third-order valence-electron chi connectivity index (χ3n) is 2.89. The van der Waals surface area contributed by atoms with Gasteiger partial charge >= 0.3 is 5.97 Å². The van der Waals surface area contributed by atoms with Gasteiger partial charge in [0.25, 0.3) is 11.6 Å². The van der Waals surface area contributed by atoms with Crippen LogP contribution in [0.3, 0.4) is 0 Å². The second kappa shape index (κ2) is 7.34. The van der Waals surface area contributed by atoms with E-state index >= 15 is 0 Å². The maximum atomic E-state index is 12.3. The molecule has 0 aromatic heterocycles. The Balaban J connectivity index is 2.95. The fourth-order valence-electron chi connectivity index (χ4n) is 1.77. The Bertz CT molecular complexity index is 576. The molecule has 1 amide bonds. The Kier molecular flexibility index (Phi) is 6.06. The molecule has 1 rings (SSSR count). The Morgan fingerprint density at radius 1 is 1.48 bits per heavy atom. The van der Waals surface area contributed by atoms with Crippen LogP contribution < -0.4 is 0 Å². The zero-order valence-corrected chi connectivity index (χ0v) is 14.0. The van der Waals surface area contributed by atoms with Crippen molar-refractivity contribution in [2.45, 2.75) is 6.92 Å². The molecule has 0 N–H and O–H groups in total. The first-order chi connectivity index (χ1) is 9.77. The van der Waals surface area contributed by atoms with E-state index in [1.165, 1.54) is 37.3 Å². The lowest BCUT2D eigenvalue weighted by Crippen LogP contribution is -2.34. The van der Waals surface area contributed by atoms with E-state index < -0.39 is 16.8 Å². The summed E-state index contributed by atoms with van der Waals surface area (Å²) in [7, 11) is 2.82. The van der Waals surface area contributed by atoms with Gasteiger partial charge in [-0.3, -0.25) is 19.7 Å². The average Bonchev–Trinajstić information content (AvgIpc) is 2.45. The number of methoxy groups -OCH3 is 1. The molecule has 0 fully saturated rings. The second-order valence-electron chi connectivity index (χ2n) is 4.53. The molecule has 21 heavy (non-hydrogen) atoms. The van der Waals surface area contributed by atoms with Crippen molar-refractivity contribution in [3.63, 3.8) is 0 Å². The molecule has 1 aromatic carbocycles. The number of amides is 1. The number of esters is 1. The lowest BCUT2D eigenvalue weighted by Gasteiger charge is -2.20. The van der Waals surface area contributed by atoms with Crippen LogP contribution in [0.15, 0.2) is 18.2 Å². The Hall–Kier alpha value is -1.71. The number of carbonyl (C=O) groups is 2. The Morgan fingerprint density at radius 2 is 2.10 bits per heavy atom. The minimum atomic E-state index is -0.552. The molecule has 1 unspecified atom stereocenters. The normalized spacial score (nSPS) is 11.6. The molecule has 0 spiro atoms. The van der Waals surface area contributed by atoms with E-state index in [9.17, 15) is 19.7 Å². The molecule has 0 aliphatic rings. The van der Waals surface area contributed by atoms with Crippen molar-refractivity contribution in [1.82, 2.24) is 4.90 Å². The average molecular weight is 406 g/mol. The smallest absolute Gasteiger partial charge is 0.310 e. The number of benzene rings is 1. The van der Waals surface area contributed by atoms with E-state index in [1.807, 2.05) is 22.6 Å². The van der Waals surface area contributed by atoms with E-state index in [1.54, 1.807) is 6.92 Å². The highest BCUT2D eigenvalue weighted by molar-refractivity contribution is 14.1. The fraction of sp³-hybridized carbons (Fsp3) is 0.385. The molecule has 0 aliphatic carbocycles. The molecule has 8 heteroatoms. The SMILES string of the molecule is COC(=O)C(C)CN(C)C(=O)c1cc([N+](=O)[O-])ccc1I. The Labute approximate surface area is 135 Å². The van der Waals surface area contributed by atoms with Crippen LogP contribution in [0.4, 0.5) is 5.69 Å². The van der Waals surface area contributed by atoms with E-state index in [0.717, 1.165) is 0 Å². The molecule has 0 radical (unpaired) electrons. The number of hydrogen-bond donors (Lipinski definition) is 0. The van der Waals surface area contributed by atoms with Crippen molar-refractivity contribution in [2.75, 3.05) is 20.7 Å². The summed E-state index contributed by atoms with van der Waals surface area (Å²) in [6, 6.07) is 4.10. The Morgan fingerprint density at radius 3 is 2.62 bits per heavy atom. The molecule has 7 nitrogen and oxygen atoms in total. The summed E-state index contributed by atoms with van der Waals surface area (Å²) in [6.45, 7) is 1.82.